The van der Waals surface area contributed by atoms with Gasteiger partial charge in [0.05, 0.1) is 11.0 Å². The number of nitrogen functional groups attached to an aromatic ring is 1. The first-order valence-electron chi connectivity index (χ1n) is 5.68. The summed E-state index contributed by atoms with van der Waals surface area (Å²) in [6, 6.07) is 5.49. The van der Waals surface area contributed by atoms with Gasteiger partial charge in [0.1, 0.15) is 11.9 Å². The SMILES string of the molecule is C[C@H](O)c1nc2cc(N)ccc2n1CCCO. The predicted molar refractivity (Wildman–Crippen MR) is 66.5 cm³/mol. The van der Waals surface area contributed by atoms with Crippen LogP contribution >= 0.6 is 0 Å². The van der Waals surface area contributed by atoms with Crippen molar-refractivity contribution >= 4 is 16.7 Å². The lowest BCUT2D eigenvalue weighted by Crippen LogP contribution is -2.08. The third kappa shape index (κ3) is 2.25. The maximum Gasteiger partial charge on any atom is 0.138 e. The Balaban J connectivity index is 2.54. The molecule has 17 heavy (non-hydrogen) atoms. The molecule has 2 rings (SSSR count). The minimum atomic E-state index is -0.637. The molecule has 0 amide bonds. The quantitative estimate of drug-likeness (QED) is 0.692. The fourth-order valence-corrected chi connectivity index (χ4v) is 1.95. The molecular formula is C12H17N3O2. The molecule has 0 spiro atoms. The van der Waals surface area contributed by atoms with Crippen molar-refractivity contribution in [3.8, 4) is 0 Å². The summed E-state index contributed by atoms with van der Waals surface area (Å²) in [5, 5.41) is 18.6. The highest BCUT2D eigenvalue weighted by Gasteiger charge is 2.14. The molecule has 1 aromatic heterocycles. The molecule has 5 nitrogen and oxygen atoms in total. The van der Waals surface area contributed by atoms with E-state index in [1.807, 2.05) is 16.7 Å². The van der Waals surface area contributed by atoms with Crippen molar-refractivity contribution in [3.63, 3.8) is 0 Å². The van der Waals surface area contributed by atoms with Crippen LogP contribution in [0, 0.1) is 0 Å². The highest BCUT2D eigenvalue weighted by molar-refractivity contribution is 5.79. The molecular weight excluding hydrogens is 218 g/mol. The predicted octanol–water partition coefficient (Wildman–Crippen LogP) is 1.05. The largest absolute Gasteiger partial charge is 0.399 e. The number of aryl methyl sites for hydroxylation is 1. The first kappa shape index (κ1) is 11.9. The van der Waals surface area contributed by atoms with Gasteiger partial charge in [-0.1, -0.05) is 0 Å². The maximum absolute atomic E-state index is 9.70. The van der Waals surface area contributed by atoms with E-state index in [1.54, 1.807) is 13.0 Å². The number of imidazole rings is 1. The van der Waals surface area contributed by atoms with Crippen LogP contribution < -0.4 is 5.73 Å². The Hall–Kier alpha value is -1.59. The lowest BCUT2D eigenvalue weighted by Gasteiger charge is -2.09. The molecule has 5 heteroatoms. The van der Waals surface area contributed by atoms with Crippen molar-refractivity contribution in [3.05, 3.63) is 24.0 Å². The summed E-state index contributed by atoms with van der Waals surface area (Å²) in [6.07, 6.45) is -0.00226. The molecule has 0 aliphatic carbocycles. The zero-order valence-electron chi connectivity index (χ0n) is 9.80. The smallest absolute Gasteiger partial charge is 0.138 e. The van der Waals surface area contributed by atoms with Gasteiger partial charge in [0.25, 0.3) is 0 Å². The first-order valence-corrected chi connectivity index (χ1v) is 5.68. The Morgan fingerprint density at radius 1 is 1.47 bits per heavy atom. The Bertz CT molecular complexity index is 520. The van der Waals surface area contributed by atoms with Crippen molar-refractivity contribution in [2.24, 2.45) is 0 Å². The molecule has 0 unspecified atom stereocenters. The van der Waals surface area contributed by atoms with Gasteiger partial charge in [-0.15, -0.1) is 0 Å². The summed E-state index contributed by atoms with van der Waals surface area (Å²) in [5.41, 5.74) is 8.07. The fraction of sp³-hybridized carbons (Fsp3) is 0.417. The van der Waals surface area contributed by atoms with Crippen molar-refractivity contribution < 1.29 is 10.2 Å². The monoisotopic (exact) mass is 235 g/mol. The van der Waals surface area contributed by atoms with E-state index in [0.717, 1.165) is 11.0 Å². The second kappa shape index (κ2) is 4.73. The first-order chi connectivity index (χ1) is 8.13. The molecule has 1 aromatic carbocycles. The van der Waals surface area contributed by atoms with E-state index in [9.17, 15) is 5.11 Å². The van der Waals surface area contributed by atoms with Gasteiger partial charge >= 0.3 is 0 Å². The van der Waals surface area contributed by atoms with Crippen molar-refractivity contribution in [2.75, 3.05) is 12.3 Å². The second-order valence-electron chi connectivity index (χ2n) is 4.12. The van der Waals surface area contributed by atoms with Crippen LogP contribution in [0.4, 0.5) is 5.69 Å². The molecule has 0 fully saturated rings. The van der Waals surface area contributed by atoms with Gasteiger partial charge in [-0.25, -0.2) is 4.98 Å². The van der Waals surface area contributed by atoms with Crippen molar-refractivity contribution in [2.45, 2.75) is 26.0 Å². The van der Waals surface area contributed by atoms with E-state index < -0.39 is 6.10 Å². The zero-order chi connectivity index (χ0) is 12.4. The van der Waals surface area contributed by atoms with Gasteiger partial charge < -0.3 is 20.5 Å². The lowest BCUT2D eigenvalue weighted by atomic mass is 10.3. The van der Waals surface area contributed by atoms with Crippen LogP contribution in [0.25, 0.3) is 11.0 Å². The van der Waals surface area contributed by atoms with Gasteiger partial charge in [-0.05, 0) is 31.5 Å². The summed E-state index contributed by atoms with van der Waals surface area (Å²) >= 11 is 0. The number of aliphatic hydroxyl groups is 2. The lowest BCUT2D eigenvalue weighted by molar-refractivity contribution is 0.183. The molecule has 0 aliphatic rings. The normalized spacial score (nSPS) is 13.1. The summed E-state index contributed by atoms with van der Waals surface area (Å²) < 4.78 is 1.93. The number of nitrogens with zero attached hydrogens (tertiary/aromatic N) is 2. The number of nitrogens with two attached hydrogens (primary N) is 1. The summed E-state index contributed by atoms with van der Waals surface area (Å²) in [7, 11) is 0. The highest BCUT2D eigenvalue weighted by atomic mass is 16.3. The minimum Gasteiger partial charge on any atom is -0.399 e. The number of benzene rings is 1. The number of rotatable bonds is 4. The number of anilines is 1. The van der Waals surface area contributed by atoms with Crippen LogP contribution in [0.15, 0.2) is 18.2 Å². The Kier molecular flexibility index (Phi) is 3.31. The van der Waals surface area contributed by atoms with Gasteiger partial charge in [-0.2, -0.15) is 0 Å². The minimum absolute atomic E-state index is 0.119. The topological polar surface area (TPSA) is 84.3 Å². The zero-order valence-corrected chi connectivity index (χ0v) is 9.80. The highest BCUT2D eigenvalue weighted by Crippen LogP contribution is 2.22. The van der Waals surface area contributed by atoms with Crippen LogP contribution in [-0.4, -0.2) is 26.4 Å². The van der Waals surface area contributed by atoms with E-state index in [-0.39, 0.29) is 6.61 Å². The third-order valence-corrected chi connectivity index (χ3v) is 2.72. The van der Waals surface area contributed by atoms with Gasteiger partial charge in [0.15, 0.2) is 0 Å². The molecule has 92 valence electrons. The van der Waals surface area contributed by atoms with E-state index in [0.29, 0.717) is 24.5 Å². The van der Waals surface area contributed by atoms with Gasteiger partial charge in [0.2, 0.25) is 0 Å². The molecule has 0 aliphatic heterocycles. The summed E-state index contributed by atoms with van der Waals surface area (Å²) in [5.74, 6) is 0.610. The third-order valence-electron chi connectivity index (χ3n) is 2.72. The van der Waals surface area contributed by atoms with Crippen molar-refractivity contribution in [1.82, 2.24) is 9.55 Å². The fourth-order valence-electron chi connectivity index (χ4n) is 1.95. The number of aromatic nitrogens is 2. The van der Waals surface area contributed by atoms with Crippen molar-refractivity contribution in [1.29, 1.82) is 0 Å². The number of hydrogen-bond acceptors (Lipinski definition) is 4. The Morgan fingerprint density at radius 2 is 2.24 bits per heavy atom. The standard InChI is InChI=1S/C12H17N3O2/c1-8(17)12-14-10-7-9(13)3-4-11(10)15(12)5-2-6-16/h3-4,7-8,16-17H,2,5-6,13H2,1H3/t8-/m0/s1. The second-order valence-corrected chi connectivity index (χ2v) is 4.12. The van der Waals surface area contributed by atoms with Crippen LogP contribution in [0.2, 0.25) is 0 Å². The van der Waals surface area contributed by atoms with Gasteiger partial charge in [0, 0.05) is 18.8 Å². The molecule has 2 aromatic rings. The maximum atomic E-state index is 9.70. The van der Waals surface area contributed by atoms with E-state index in [4.69, 9.17) is 10.8 Å². The molecule has 0 saturated carbocycles. The van der Waals surface area contributed by atoms with E-state index >= 15 is 0 Å². The Morgan fingerprint density at radius 3 is 2.88 bits per heavy atom. The number of aliphatic hydroxyl groups excluding tert-OH is 2. The van der Waals surface area contributed by atoms with Crippen LogP contribution in [-0.2, 0) is 6.54 Å². The van der Waals surface area contributed by atoms with Gasteiger partial charge in [-0.3, -0.25) is 0 Å². The number of hydrogen-bond donors (Lipinski definition) is 3. The molecule has 1 atom stereocenters. The molecule has 0 saturated heterocycles. The van der Waals surface area contributed by atoms with E-state index in [2.05, 4.69) is 4.98 Å². The molecule has 0 bridgehead atoms. The van der Waals surface area contributed by atoms with Crippen LogP contribution in [0.5, 0.6) is 0 Å². The summed E-state index contributed by atoms with van der Waals surface area (Å²) in [4.78, 5) is 4.38. The van der Waals surface area contributed by atoms with Crippen LogP contribution in [0.3, 0.4) is 0 Å². The average Bonchev–Trinajstić information content (AvgIpc) is 2.64. The molecule has 0 radical (unpaired) electrons. The Labute approximate surface area is 99.5 Å². The number of fused-ring (bicyclic) bond motifs is 1. The van der Waals surface area contributed by atoms with E-state index in [1.165, 1.54) is 0 Å². The molecule has 1 heterocycles. The molecule has 4 N–H and O–H groups in total. The van der Waals surface area contributed by atoms with Crippen LogP contribution in [0.1, 0.15) is 25.3 Å². The average molecular weight is 235 g/mol. The summed E-state index contributed by atoms with van der Waals surface area (Å²) in [6.45, 7) is 2.44.